The normalized spacial score (nSPS) is 35.7. The number of alkyl halides is 1. The van der Waals surface area contributed by atoms with Gasteiger partial charge in [-0.05, 0) is 0 Å². The molecule has 4 N–H and O–H groups in total. The van der Waals surface area contributed by atoms with Crippen LogP contribution >= 0.6 is 23.8 Å². The zero-order valence-electron chi connectivity index (χ0n) is 10.7. The quantitative estimate of drug-likeness (QED) is 0.357. The van der Waals surface area contributed by atoms with Crippen molar-refractivity contribution in [2.24, 2.45) is 0 Å². The number of halogens is 2. The van der Waals surface area contributed by atoms with Crippen LogP contribution in [0.2, 0.25) is 5.02 Å². The Balaban J connectivity index is 2.64. The minimum atomic E-state index is -3.57. The standard InChI is InChI=1S/C9H7B3ClFN2O5S/c10-8(16-1-2(13)5(22)15-6(16)19)4(18)3(17)7(14,21-8)9(11,12)20/h1,3-4,17-18,20H,(H,15,19,22)/t3-,4+,7-,8-/m0/s1. The maximum absolute atomic E-state index is 14.6. The first kappa shape index (κ1) is 17.7. The topological polar surface area (TPSA) is 108 Å². The monoisotopic (exact) mass is 342 g/mol. The summed E-state index contributed by atoms with van der Waals surface area (Å²) in [5.41, 5.74) is -3.69. The van der Waals surface area contributed by atoms with Gasteiger partial charge in [-0.15, -0.1) is 0 Å². The van der Waals surface area contributed by atoms with Crippen molar-refractivity contribution in [1.82, 2.24) is 9.55 Å². The van der Waals surface area contributed by atoms with Crippen LogP contribution < -0.4 is 5.69 Å². The van der Waals surface area contributed by atoms with Crippen molar-refractivity contribution in [3.8, 4) is 0 Å². The van der Waals surface area contributed by atoms with E-state index >= 15 is 0 Å². The molecule has 1 aliphatic rings. The van der Waals surface area contributed by atoms with Crippen molar-refractivity contribution in [3.63, 3.8) is 0 Å². The van der Waals surface area contributed by atoms with E-state index in [1.807, 2.05) is 0 Å². The highest BCUT2D eigenvalue weighted by molar-refractivity contribution is 7.71. The second-order valence-corrected chi connectivity index (χ2v) is 5.64. The average Bonchev–Trinajstić information content (AvgIpc) is 2.56. The van der Waals surface area contributed by atoms with Gasteiger partial charge in [0.1, 0.15) is 46.0 Å². The zero-order chi connectivity index (χ0) is 17.1. The first-order valence-electron chi connectivity index (χ1n) is 5.71. The first-order chi connectivity index (χ1) is 9.84. The van der Waals surface area contributed by atoms with E-state index in [-0.39, 0.29) is 9.66 Å². The molecule has 0 aromatic carbocycles. The molecule has 0 saturated carbocycles. The zero-order valence-corrected chi connectivity index (χ0v) is 12.3. The molecule has 1 fully saturated rings. The van der Waals surface area contributed by atoms with Crippen LogP contribution in [0.4, 0.5) is 4.39 Å². The average molecular weight is 342 g/mol. The van der Waals surface area contributed by atoms with Gasteiger partial charge in [0.25, 0.3) is 5.85 Å². The van der Waals surface area contributed by atoms with E-state index < -0.39 is 34.8 Å². The van der Waals surface area contributed by atoms with Crippen LogP contribution in [-0.4, -0.2) is 71.9 Å². The number of nitrogens with zero attached hydrogens (tertiary/aromatic N) is 1. The smallest absolute Gasteiger partial charge is 0.328 e. The Morgan fingerprint density at radius 1 is 1.50 bits per heavy atom. The second-order valence-electron chi connectivity index (χ2n) is 4.82. The van der Waals surface area contributed by atoms with Crippen LogP contribution in [0, 0.1) is 4.64 Å². The molecule has 6 radical (unpaired) electrons. The number of H-pyrrole nitrogens is 1. The number of hydrogen-bond donors (Lipinski definition) is 4. The highest BCUT2D eigenvalue weighted by Crippen LogP contribution is 2.44. The van der Waals surface area contributed by atoms with Gasteiger partial charge in [-0.2, -0.15) is 0 Å². The van der Waals surface area contributed by atoms with Crippen LogP contribution in [-0.2, 0) is 10.4 Å². The maximum atomic E-state index is 14.6. The van der Waals surface area contributed by atoms with Gasteiger partial charge in [-0.1, -0.05) is 23.8 Å². The largest absolute Gasteiger partial charge is 0.403 e. The highest BCUT2D eigenvalue weighted by atomic mass is 35.5. The lowest BCUT2D eigenvalue weighted by Gasteiger charge is -2.37. The number of hydrogen-bond acceptors (Lipinski definition) is 6. The summed E-state index contributed by atoms with van der Waals surface area (Å²) < 4.78 is 19.5. The molecular formula is C9H7B3ClFN2O5S. The fraction of sp³-hybridized carbons (Fsp3) is 0.556. The molecule has 112 valence electrons. The van der Waals surface area contributed by atoms with E-state index in [1.54, 1.807) is 0 Å². The van der Waals surface area contributed by atoms with Crippen molar-refractivity contribution in [3.05, 3.63) is 26.3 Å². The summed E-state index contributed by atoms with van der Waals surface area (Å²) in [4.78, 5) is 14.0. The Bertz CT molecular complexity index is 726. The van der Waals surface area contributed by atoms with E-state index in [0.717, 1.165) is 6.20 Å². The molecule has 1 aromatic heterocycles. The molecule has 2 heterocycles. The van der Waals surface area contributed by atoms with Crippen molar-refractivity contribution in [2.45, 2.75) is 29.1 Å². The number of aliphatic hydroxyl groups is 3. The Hall–Kier alpha value is -0.645. The van der Waals surface area contributed by atoms with Crippen molar-refractivity contribution < 1.29 is 24.4 Å². The molecule has 0 spiro atoms. The molecule has 1 aromatic rings. The van der Waals surface area contributed by atoms with Gasteiger partial charge in [-0.25, -0.2) is 9.18 Å². The van der Waals surface area contributed by atoms with Crippen molar-refractivity contribution in [2.75, 3.05) is 0 Å². The highest BCUT2D eigenvalue weighted by Gasteiger charge is 2.66. The summed E-state index contributed by atoms with van der Waals surface area (Å²) in [5.74, 6) is -3.57. The molecular weight excluding hydrogens is 335 g/mol. The first-order valence-corrected chi connectivity index (χ1v) is 6.49. The van der Waals surface area contributed by atoms with Crippen LogP contribution in [0.3, 0.4) is 0 Å². The SMILES string of the molecule is [B]C([B])(O)[C@@]1(F)O[C@@]([B])(n2cc(Cl)c(=S)[nH]c2=O)[C@H](O)[C@@H]1O. The predicted molar refractivity (Wildman–Crippen MR) is 78.0 cm³/mol. The lowest BCUT2D eigenvalue weighted by atomic mass is 9.59. The number of aliphatic hydroxyl groups excluding tert-OH is 2. The van der Waals surface area contributed by atoms with E-state index in [4.69, 9.17) is 47.4 Å². The molecule has 4 atom stereocenters. The van der Waals surface area contributed by atoms with Gasteiger partial charge in [0.05, 0.1) is 5.02 Å². The number of aromatic nitrogens is 2. The van der Waals surface area contributed by atoms with Crippen LogP contribution in [0.1, 0.15) is 0 Å². The Morgan fingerprint density at radius 2 is 2.05 bits per heavy atom. The lowest BCUT2D eigenvalue weighted by Crippen LogP contribution is -2.59. The van der Waals surface area contributed by atoms with E-state index in [1.165, 1.54) is 0 Å². The third kappa shape index (κ3) is 2.38. The van der Waals surface area contributed by atoms with Gasteiger partial charge < -0.3 is 20.1 Å². The van der Waals surface area contributed by atoms with E-state index in [2.05, 4.69) is 9.72 Å². The molecule has 1 saturated heterocycles. The Kier molecular flexibility index (Phi) is 4.17. The Labute approximate surface area is 137 Å². The third-order valence-electron chi connectivity index (χ3n) is 3.24. The van der Waals surface area contributed by atoms with Crippen LogP contribution in [0.25, 0.3) is 0 Å². The molecule has 0 unspecified atom stereocenters. The summed E-state index contributed by atoms with van der Waals surface area (Å²) in [6, 6.07) is 0. The lowest BCUT2D eigenvalue weighted by molar-refractivity contribution is -0.243. The summed E-state index contributed by atoms with van der Waals surface area (Å²) in [5, 5.41) is 25.7. The molecule has 7 nitrogen and oxygen atoms in total. The minimum Gasteiger partial charge on any atom is -0.403 e. The summed E-state index contributed by atoms with van der Waals surface area (Å²) in [6.45, 7) is 0. The number of aromatic amines is 1. The molecule has 13 heteroatoms. The molecule has 0 aliphatic carbocycles. The number of rotatable bonds is 2. The number of nitrogens with one attached hydrogen (secondary N) is 1. The second kappa shape index (κ2) is 5.18. The van der Waals surface area contributed by atoms with Crippen LogP contribution in [0.5, 0.6) is 0 Å². The summed E-state index contributed by atoms with van der Waals surface area (Å²) in [6.07, 6.45) is -3.84. The molecule has 1 aliphatic heterocycles. The Morgan fingerprint density at radius 3 is 2.50 bits per heavy atom. The molecule has 0 bridgehead atoms. The third-order valence-corrected chi connectivity index (χ3v) is 3.96. The minimum absolute atomic E-state index is 0.139. The summed E-state index contributed by atoms with van der Waals surface area (Å²) >= 11 is 10.4. The van der Waals surface area contributed by atoms with E-state index in [0.29, 0.717) is 4.57 Å². The molecule has 22 heavy (non-hydrogen) atoms. The number of ether oxygens (including phenoxy) is 1. The molecule has 2 rings (SSSR count). The predicted octanol–water partition coefficient (Wildman–Crippen LogP) is -2.26. The fourth-order valence-electron chi connectivity index (χ4n) is 2.01. The van der Waals surface area contributed by atoms with Gasteiger partial charge in [0.2, 0.25) is 0 Å². The van der Waals surface area contributed by atoms with Gasteiger partial charge in [0.15, 0.2) is 0 Å². The van der Waals surface area contributed by atoms with Crippen molar-refractivity contribution >= 4 is 47.4 Å². The van der Waals surface area contributed by atoms with Gasteiger partial charge in [0, 0.05) is 11.6 Å². The van der Waals surface area contributed by atoms with Gasteiger partial charge in [-0.3, -0.25) is 9.55 Å². The van der Waals surface area contributed by atoms with E-state index in [9.17, 15) is 24.5 Å². The molecule has 0 amide bonds. The van der Waals surface area contributed by atoms with Crippen LogP contribution in [0.15, 0.2) is 11.0 Å². The maximum Gasteiger partial charge on any atom is 0.328 e. The van der Waals surface area contributed by atoms with Crippen molar-refractivity contribution in [1.29, 1.82) is 0 Å². The fourth-order valence-corrected chi connectivity index (χ4v) is 2.29. The van der Waals surface area contributed by atoms with Gasteiger partial charge >= 0.3 is 5.69 Å². The summed E-state index contributed by atoms with van der Waals surface area (Å²) in [7, 11) is 15.6.